The number of unbranched alkanes of at least 4 members (excludes halogenated alkanes) is 1. The molecule has 0 N–H and O–H groups in total. The summed E-state index contributed by atoms with van der Waals surface area (Å²) >= 11 is 1.56. The molecule has 3 aromatic rings. The molecule has 0 spiro atoms. The predicted octanol–water partition coefficient (Wildman–Crippen LogP) is 4.36. The van der Waals surface area contributed by atoms with Crippen molar-refractivity contribution in [2.75, 3.05) is 0 Å². The van der Waals surface area contributed by atoms with E-state index in [1.54, 1.807) is 16.3 Å². The fourth-order valence-electron chi connectivity index (χ4n) is 2.59. The largest absolute Gasteiger partial charge is 0.287 e. The zero-order valence-corrected chi connectivity index (χ0v) is 14.9. The Morgan fingerprint density at radius 1 is 1.16 bits per heavy atom. The van der Waals surface area contributed by atoms with Crippen LogP contribution >= 0.6 is 11.8 Å². The van der Waals surface area contributed by atoms with Gasteiger partial charge in [0.2, 0.25) is 0 Å². The molecule has 3 rings (SSSR count). The molecule has 0 aliphatic rings. The maximum Gasteiger partial charge on any atom is 0.262 e. The van der Waals surface area contributed by atoms with Crippen molar-refractivity contribution < 1.29 is 0 Å². The van der Waals surface area contributed by atoms with E-state index >= 15 is 0 Å². The van der Waals surface area contributed by atoms with Crippen LogP contribution < -0.4 is 5.56 Å². The van der Waals surface area contributed by atoms with Gasteiger partial charge in [-0.05, 0) is 36.2 Å². The maximum absolute atomic E-state index is 12.8. The normalized spacial score (nSPS) is 10.7. The quantitative estimate of drug-likeness (QED) is 0.490. The molecule has 0 saturated heterocycles. The van der Waals surface area contributed by atoms with Crippen molar-refractivity contribution in [2.45, 2.75) is 37.2 Å². The van der Waals surface area contributed by atoms with E-state index in [0.717, 1.165) is 29.1 Å². The lowest BCUT2D eigenvalue weighted by molar-refractivity contribution is 0.557. The molecule has 1 heterocycles. The molecule has 25 heavy (non-hydrogen) atoms. The second-order valence-electron chi connectivity index (χ2n) is 5.82. The van der Waals surface area contributed by atoms with Gasteiger partial charge in [-0.25, -0.2) is 4.98 Å². The van der Waals surface area contributed by atoms with Crippen molar-refractivity contribution in [3.05, 3.63) is 70.0 Å². The third-order valence-electron chi connectivity index (χ3n) is 4.01. The molecule has 4 nitrogen and oxygen atoms in total. The molecule has 126 valence electrons. The van der Waals surface area contributed by atoms with Gasteiger partial charge in [0, 0.05) is 12.3 Å². The van der Waals surface area contributed by atoms with E-state index in [4.69, 9.17) is 10.2 Å². The second kappa shape index (κ2) is 8.00. The monoisotopic (exact) mass is 349 g/mol. The highest BCUT2D eigenvalue weighted by Crippen LogP contribution is 2.22. The highest BCUT2D eigenvalue weighted by Gasteiger charge is 2.11. The number of benzene rings is 2. The van der Waals surface area contributed by atoms with Crippen LogP contribution in [0.1, 0.15) is 30.9 Å². The molecule has 0 bridgehead atoms. The Balaban J connectivity index is 1.92. The summed E-state index contributed by atoms with van der Waals surface area (Å²) in [5.41, 5.74) is 2.52. The number of hydrogen-bond acceptors (Lipinski definition) is 4. The molecule has 0 amide bonds. The minimum atomic E-state index is 0.0291. The SMILES string of the molecule is CCCCn1c(SCc2ccc(C#N)cc2)nc2ccccc2c1=O. The van der Waals surface area contributed by atoms with Gasteiger partial charge < -0.3 is 0 Å². The van der Waals surface area contributed by atoms with Gasteiger partial charge in [0.25, 0.3) is 5.56 Å². The number of nitriles is 1. The molecular weight excluding hydrogens is 330 g/mol. The highest BCUT2D eigenvalue weighted by molar-refractivity contribution is 7.98. The van der Waals surface area contributed by atoms with Crippen molar-refractivity contribution in [2.24, 2.45) is 0 Å². The summed E-state index contributed by atoms with van der Waals surface area (Å²) in [7, 11) is 0. The van der Waals surface area contributed by atoms with Crippen LogP contribution in [-0.4, -0.2) is 9.55 Å². The first kappa shape index (κ1) is 17.2. The van der Waals surface area contributed by atoms with E-state index in [1.165, 1.54) is 0 Å². The lowest BCUT2D eigenvalue weighted by atomic mass is 10.2. The topological polar surface area (TPSA) is 58.7 Å². The van der Waals surface area contributed by atoms with Gasteiger partial charge in [-0.15, -0.1) is 0 Å². The van der Waals surface area contributed by atoms with Crippen LogP contribution in [0.5, 0.6) is 0 Å². The summed E-state index contributed by atoms with van der Waals surface area (Å²) in [5.74, 6) is 0.711. The van der Waals surface area contributed by atoms with Crippen molar-refractivity contribution in [3.8, 4) is 6.07 Å². The summed E-state index contributed by atoms with van der Waals surface area (Å²) < 4.78 is 1.79. The third-order valence-corrected chi connectivity index (χ3v) is 5.06. The van der Waals surface area contributed by atoms with E-state index in [0.29, 0.717) is 23.2 Å². The predicted molar refractivity (Wildman–Crippen MR) is 102 cm³/mol. The van der Waals surface area contributed by atoms with Gasteiger partial charge in [-0.3, -0.25) is 9.36 Å². The average Bonchev–Trinajstić information content (AvgIpc) is 2.66. The van der Waals surface area contributed by atoms with Crippen molar-refractivity contribution in [1.82, 2.24) is 9.55 Å². The number of nitrogens with zero attached hydrogens (tertiary/aromatic N) is 3. The van der Waals surface area contributed by atoms with Gasteiger partial charge >= 0.3 is 0 Å². The standard InChI is InChI=1S/C20H19N3OS/c1-2-3-12-23-19(24)17-6-4-5-7-18(17)22-20(23)25-14-16-10-8-15(13-21)9-11-16/h4-11H,2-3,12,14H2,1H3. The van der Waals surface area contributed by atoms with Crippen LogP contribution in [0.25, 0.3) is 10.9 Å². The van der Waals surface area contributed by atoms with Crippen molar-refractivity contribution in [3.63, 3.8) is 0 Å². The number of rotatable bonds is 6. The Bertz CT molecular complexity index is 971. The zero-order chi connectivity index (χ0) is 17.6. The molecule has 0 aliphatic carbocycles. The minimum absolute atomic E-state index is 0.0291. The number of aromatic nitrogens is 2. The molecule has 0 unspecified atom stereocenters. The lowest BCUT2D eigenvalue weighted by Crippen LogP contribution is -2.23. The highest BCUT2D eigenvalue weighted by atomic mass is 32.2. The fourth-order valence-corrected chi connectivity index (χ4v) is 3.58. The zero-order valence-electron chi connectivity index (χ0n) is 14.1. The van der Waals surface area contributed by atoms with Gasteiger partial charge in [-0.2, -0.15) is 5.26 Å². The first-order valence-electron chi connectivity index (χ1n) is 8.34. The molecule has 5 heteroatoms. The van der Waals surface area contributed by atoms with Crippen molar-refractivity contribution >= 4 is 22.7 Å². The Hall–Kier alpha value is -2.58. The van der Waals surface area contributed by atoms with Gasteiger partial charge in [0.15, 0.2) is 5.16 Å². The molecule has 2 aromatic carbocycles. The van der Waals surface area contributed by atoms with Crippen molar-refractivity contribution in [1.29, 1.82) is 5.26 Å². The van der Waals surface area contributed by atoms with Crippen LogP contribution in [-0.2, 0) is 12.3 Å². The number of hydrogen-bond donors (Lipinski definition) is 0. The summed E-state index contributed by atoms with van der Waals surface area (Å²) in [5, 5.41) is 10.3. The minimum Gasteiger partial charge on any atom is -0.287 e. The summed E-state index contributed by atoms with van der Waals surface area (Å²) in [6.07, 6.45) is 1.98. The number of thioether (sulfide) groups is 1. The molecule has 0 aliphatic heterocycles. The maximum atomic E-state index is 12.8. The van der Waals surface area contributed by atoms with E-state index in [1.807, 2.05) is 48.5 Å². The fraction of sp³-hybridized carbons (Fsp3) is 0.250. The Morgan fingerprint density at radius 2 is 1.92 bits per heavy atom. The molecule has 0 saturated carbocycles. The van der Waals surface area contributed by atoms with Crippen LogP contribution in [0.15, 0.2) is 58.5 Å². The molecule has 0 radical (unpaired) electrons. The Morgan fingerprint density at radius 3 is 2.64 bits per heavy atom. The van der Waals surface area contributed by atoms with E-state index < -0.39 is 0 Å². The van der Waals surface area contributed by atoms with E-state index in [9.17, 15) is 4.79 Å². The van der Waals surface area contributed by atoms with Crippen LogP contribution in [0.4, 0.5) is 0 Å². The number of para-hydroxylation sites is 1. The Labute approximate surface area is 151 Å². The first-order valence-corrected chi connectivity index (χ1v) is 9.33. The summed E-state index contributed by atoms with van der Waals surface area (Å²) in [6, 6.07) is 17.1. The Kier molecular flexibility index (Phi) is 5.52. The van der Waals surface area contributed by atoms with Gasteiger partial charge in [-0.1, -0.05) is 49.4 Å². The number of fused-ring (bicyclic) bond motifs is 1. The van der Waals surface area contributed by atoms with Gasteiger partial charge in [0.1, 0.15) is 0 Å². The third kappa shape index (κ3) is 3.92. The van der Waals surface area contributed by atoms with E-state index in [2.05, 4.69) is 13.0 Å². The average molecular weight is 349 g/mol. The summed E-state index contributed by atoms with van der Waals surface area (Å²) in [4.78, 5) is 17.5. The van der Waals surface area contributed by atoms with Crippen LogP contribution in [0.2, 0.25) is 0 Å². The molecule has 1 aromatic heterocycles. The smallest absolute Gasteiger partial charge is 0.262 e. The van der Waals surface area contributed by atoms with Crippen LogP contribution in [0, 0.1) is 11.3 Å². The van der Waals surface area contributed by atoms with E-state index in [-0.39, 0.29) is 5.56 Å². The molecular formula is C20H19N3OS. The molecule has 0 fully saturated rings. The lowest BCUT2D eigenvalue weighted by Gasteiger charge is -2.12. The summed E-state index contributed by atoms with van der Waals surface area (Å²) in [6.45, 7) is 2.80. The van der Waals surface area contributed by atoms with Crippen LogP contribution in [0.3, 0.4) is 0 Å². The first-order chi connectivity index (χ1) is 12.2. The molecule has 0 atom stereocenters. The second-order valence-corrected chi connectivity index (χ2v) is 6.76. The van der Waals surface area contributed by atoms with Gasteiger partial charge in [0.05, 0.1) is 22.5 Å².